The largest absolute Gasteiger partial charge is 0.417 e. The van der Waals surface area contributed by atoms with E-state index in [1.54, 1.807) is 16.7 Å². The van der Waals surface area contributed by atoms with E-state index in [-0.39, 0.29) is 5.66 Å². The van der Waals surface area contributed by atoms with Crippen LogP contribution in [-0.2, 0) is 12.1 Å². The van der Waals surface area contributed by atoms with Gasteiger partial charge in [0, 0.05) is 23.8 Å². The number of nitrogens with zero attached hydrogens (tertiary/aromatic N) is 2. The molecule has 0 saturated carbocycles. The minimum atomic E-state index is -0.388. The van der Waals surface area contributed by atoms with Gasteiger partial charge < -0.3 is 0 Å². The summed E-state index contributed by atoms with van der Waals surface area (Å²) >= 11 is 0. The molecule has 2 aromatic carbocycles. The van der Waals surface area contributed by atoms with Gasteiger partial charge in [-0.3, -0.25) is 0 Å². The van der Waals surface area contributed by atoms with Gasteiger partial charge in [0.05, 0.1) is 11.1 Å². The Morgan fingerprint density at radius 1 is 0.743 bits per heavy atom. The van der Waals surface area contributed by atoms with Crippen LogP contribution in [0.1, 0.15) is 73.3 Å². The third kappa shape index (κ3) is 2.31. The molecule has 4 heterocycles. The van der Waals surface area contributed by atoms with E-state index in [0.29, 0.717) is 5.92 Å². The predicted octanol–water partition coefficient (Wildman–Crippen LogP) is 6.53. The second-order valence-electron chi connectivity index (χ2n) is 11.0. The molecule has 2 aliphatic heterocycles. The molecule has 0 fully saturated rings. The average Bonchev–Trinajstić information content (AvgIpc) is 3.52. The number of rotatable bonds is 1. The predicted molar refractivity (Wildman–Crippen MR) is 139 cm³/mol. The first-order chi connectivity index (χ1) is 17.2. The maximum absolute atomic E-state index is 2.61. The normalized spacial score (nSPS) is 20.5. The lowest BCUT2D eigenvalue weighted by Crippen LogP contribution is -2.71. The van der Waals surface area contributed by atoms with Gasteiger partial charge in [0.1, 0.15) is 11.1 Å². The molecule has 0 N–H and O–H groups in total. The third-order valence-electron chi connectivity index (χ3n) is 9.02. The van der Waals surface area contributed by atoms with Crippen LogP contribution in [0.4, 0.5) is 0 Å². The Morgan fingerprint density at radius 3 is 2.51 bits per heavy atom. The molecule has 2 heteroatoms. The number of fused-ring (bicyclic) bond motifs is 13. The zero-order chi connectivity index (χ0) is 23.3. The number of hydrogen-bond donors (Lipinski definition) is 0. The Morgan fingerprint density at radius 2 is 1.60 bits per heavy atom. The summed E-state index contributed by atoms with van der Waals surface area (Å²) in [6.07, 6.45) is 11.1. The minimum Gasteiger partial charge on any atom is -0.126 e. The van der Waals surface area contributed by atoms with E-state index in [2.05, 4.69) is 102 Å². The van der Waals surface area contributed by atoms with Crippen molar-refractivity contribution in [2.24, 2.45) is 0 Å². The molecule has 0 bridgehead atoms. The van der Waals surface area contributed by atoms with E-state index in [0.717, 1.165) is 6.42 Å². The molecule has 170 valence electrons. The summed E-state index contributed by atoms with van der Waals surface area (Å²) in [5.74, 6) is 0.477. The Hall–Kier alpha value is -3.52. The van der Waals surface area contributed by atoms with Crippen LogP contribution >= 0.6 is 0 Å². The number of benzene rings is 2. The highest BCUT2D eigenvalue weighted by Gasteiger charge is 2.67. The molecule has 4 aromatic rings. The zero-order valence-electron chi connectivity index (χ0n) is 20.5. The third-order valence-corrected chi connectivity index (χ3v) is 9.02. The van der Waals surface area contributed by atoms with Gasteiger partial charge in [-0.15, -0.1) is 9.13 Å². The zero-order valence-corrected chi connectivity index (χ0v) is 20.5. The summed E-state index contributed by atoms with van der Waals surface area (Å²) in [4.78, 5) is 0. The standard InChI is InChI=1S/C33H30N2/c1-21(2)23-14-17-31-32-27-19-22-9-3-4-10-24(22)25(27)15-16-29(32)33(35(31)20-23)28-12-6-5-11-26(28)30-13-7-8-18-34(30)33/h5-8,11-18,20-21H,3-4,9-10,19H2,1-2H3/q+2. The smallest absolute Gasteiger partial charge is 0.126 e. The fraction of sp³-hybridized carbons (Fsp3) is 0.273. The Labute approximate surface area is 207 Å². The summed E-state index contributed by atoms with van der Waals surface area (Å²) in [5.41, 5.74) is 15.7. The van der Waals surface area contributed by atoms with E-state index >= 15 is 0 Å². The van der Waals surface area contributed by atoms with Crippen molar-refractivity contribution in [3.8, 4) is 22.5 Å². The second kappa shape index (κ2) is 6.79. The van der Waals surface area contributed by atoms with Gasteiger partial charge in [-0.25, -0.2) is 0 Å². The SMILES string of the molecule is CC(C)c1ccc2[n+](c1)C1(c3ccccc3-c3cccc[n+]31)c1ccc3c(c1-2)CC1=C3CCCC1. The van der Waals surface area contributed by atoms with Crippen LogP contribution in [0.2, 0.25) is 0 Å². The minimum absolute atomic E-state index is 0.388. The molecule has 0 amide bonds. The van der Waals surface area contributed by atoms with Crippen LogP contribution in [0, 0.1) is 0 Å². The van der Waals surface area contributed by atoms with Gasteiger partial charge in [-0.2, -0.15) is 0 Å². The van der Waals surface area contributed by atoms with Crippen LogP contribution in [0.15, 0.2) is 84.7 Å². The molecule has 1 atom stereocenters. The van der Waals surface area contributed by atoms with Crippen molar-refractivity contribution in [2.45, 2.75) is 57.5 Å². The van der Waals surface area contributed by atoms with Gasteiger partial charge in [0.25, 0.3) is 0 Å². The maximum atomic E-state index is 2.61. The first-order valence-electron chi connectivity index (χ1n) is 13.2. The van der Waals surface area contributed by atoms with Gasteiger partial charge in [0.15, 0.2) is 12.4 Å². The Bertz CT molecular complexity index is 1560. The van der Waals surface area contributed by atoms with Crippen LogP contribution in [0.3, 0.4) is 0 Å². The van der Waals surface area contributed by atoms with Crippen molar-refractivity contribution in [3.63, 3.8) is 0 Å². The monoisotopic (exact) mass is 454 g/mol. The van der Waals surface area contributed by atoms with Crippen molar-refractivity contribution in [1.82, 2.24) is 0 Å². The van der Waals surface area contributed by atoms with Crippen LogP contribution < -0.4 is 9.13 Å². The summed E-state index contributed by atoms with van der Waals surface area (Å²) in [5, 5.41) is 0. The van der Waals surface area contributed by atoms with E-state index in [1.165, 1.54) is 70.5 Å². The van der Waals surface area contributed by atoms with Crippen LogP contribution in [-0.4, -0.2) is 0 Å². The molecule has 35 heavy (non-hydrogen) atoms. The van der Waals surface area contributed by atoms with Crippen molar-refractivity contribution in [3.05, 3.63) is 113 Å². The highest BCUT2D eigenvalue weighted by Crippen LogP contribution is 2.52. The summed E-state index contributed by atoms with van der Waals surface area (Å²) in [6, 6.07) is 25.4. The quantitative estimate of drug-likeness (QED) is 0.250. The van der Waals surface area contributed by atoms with Crippen molar-refractivity contribution in [1.29, 1.82) is 0 Å². The molecular formula is C33H30N2+2. The second-order valence-corrected chi connectivity index (χ2v) is 11.0. The molecular weight excluding hydrogens is 424 g/mol. The fourth-order valence-electron chi connectivity index (χ4n) is 7.46. The first-order valence-corrected chi connectivity index (χ1v) is 13.2. The molecule has 2 nitrogen and oxygen atoms in total. The van der Waals surface area contributed by atoms with Crippen molar-refractivity contribution in [2.75, 3.05) is 0 Å². The maximum Gasteiger partial charge on any atom is 0.417 e. The number of pyridine rings is 2. The number of allylic oxidation sites excluding steroid dienone is 2. The summed E-state index contributed by atoms with van der Waals surface area (Å²) in [7, 11) is 0. The molecule has 2 aromatic heterocycles. The van der Waals surface area contributed by atoms with Gasteiger partial charge in [-0.1, -0.05) is 37.6 Å². The molecule has 8 rings (SSSR count). The van der Waals surface area contributed by atoms with Gasteiger partial charge >= 0.3 is 5.66 Å². The van der Waals surface area contributed by atoms with Gasteiger partial charge in [0.2, 0.25) is 11.4 Å². The van der Waals surface area contributed by atoms with E-state index in [1.807, 2.05) is 0 Å². The van der Waals surface area contributed by atoms with Crippen LogP contribution in [0.5, 0.6) is 0 Å². The molecule has 1 spiro atoms. The fourth-order valence-corrected chi connectivity index (χ4v) is 7.46. The Balaban J connectivity index is 1.52. The van der Waals surface area contributed by atoms with E-state index in [4.69, 9.17) is 0 Å². The van der Waals surface area contributed by atoms with Crippen molar-refractivity contribution >= 4 is 5.57 Å². The average molecular weight is 455 g/mol. The van der Waals surface area contributed by atoms with E-state index < -0.39 is 0 Å². The lowest BCUT2D eigenvalue weighted by Gasteiger charge is -2.18. The Kier molecular flexibility index (Phi) is 3.83. The van der Waals surface area contributed by atoms with Crippen molar-refractivity contribution < 1.29 is 9.13 Å². The summed E-state index contributed by atoms with van der Waals surface area (Å²) in [6.45, 7) is 4.60. The highest BCUT2D eigenvalue weighted by molar-refractivity contribution is 5.86. The molecule has 4 aliphatic rings. The highest BCUT2D eigenvalue weighted by atomic mass is 15.3. The van der Waals surface area contributed by atoms with Gasteiger partial charge in [-0.05, 0) is 85.1 Å². The van der Waals surface area contributed by atoms with Crippen LogP contribution in [0.25, 0.3) is 28.1 Å². The molecule has 1 unspecified atom stereocenters. The summed E-state index contributed by atoms with van der Waals surface area (Å²) < 4.78 is 5.14. The molecule has 0 saturated heterocycles. The lowest BCUT2D eigenvalue weighted by molar-refractivity contribution is -0.955. The molecule has 2 aliphatic carbocycles. The number of hydrogen-bond acceptors (Lipinski definition) is 0. The topological polar surface area (TPSA) is 7.76 Å². The first kappa shape index (κ1) is 19.8. The number of aromatic nitrogens is 2. The lowest BCUT2D eigenvalue weighted by atomic mass is 9.86. The van der Waals surface area contributed by atoms with E-state index in [9.17, 15) is 0 Å². The molecule has 0 radical (unpaired) electrons.